The Labute approximate surface area is 76.7 Å². The summed E-state index contributed by atoms with van der Waals surface area (Å²) in [7, 11) is 0.192. The second kappa shape index (κ2) is 3.71. The lowest BCUT2D eigenvalue weighted by molar-refractivity contribution is 0.204. The average Bonchev–Trinajstić information content (AvgIpc) is 1.87. The van der Waals surface area contributed by atoms with Gasteiger partial charge in [-0.15, -0.1) is 0 Å². The fourth-order valence-corrected chi connectivity index (χ4v) is 2.31. The third kappa shape index (κ3) is 2.17. The van der Waals surface area contributed by atoms with Gasteiger partial charge in [-0.1, -0.05) is 26.6 Å². The van der Waals surface area contributed by atoms with Crippen LogP contribution in [0.4, 0.5) is 0 Å². The SMILES string of the molecule is CCC(=NC)C(C)(O)[Si](C)(C)C. The molecule has 0 aliphatic carbocycles. The largest absolute Gasteiger partial charge is 0.388 e. The van der Waals surface area contributed by atoms with Crippen molar-refractivity contribution in [1.82, 2.24) is 0 Å². The Morgan fingerprint density at radius 1 is 1.42 bits per heavy atom. The molecule has 0 fully saturated rings. The van der Waals surface area contributed by atoms with E-state index in [0.29, 0.717) is 0 Å². The quantitative estimate of drug-likeness (QED) is 0.532. The summed E-state index contributed by atoms with van der Waals surface area (Å²) in [5, 5.41) is 9.59. The fourth-order valence-electron chi connectivity index (χ4n) is 1.15. The molecule has 0 rings (SSSR count). The first-order chi connectivity index (χ1) is 5.27. The first-order valence-electron chi connectivity index (χ1n) is 4.46. The molecular formula is C9H21NOSi. The summed E-state index contributed by atoms with van der Waals surface area (Å²) in [5.74, 6) is 0. The van der Waals surface area contributed by atoms with Crippen molar-refractivity contribution in [2.75, 3.05) is 7.05 Å². The van der Waals surface area contributed by atoms with Crippen LogP contribution >= 0.6 is 0 Å². The van der Waals surface area contributed by atoms with Gasteiger partial charge in [-0.05, 0) is 13.3 Å². The molecule has 0 aliphatic heterocycles. The molecule has 0 aliphatic rings. The van der Waals surface area contributed by atoms with Gasteiger partial charge >= 0.3 is 0 Å². The van der Waals surface area contributed by atoms with Gasteiger partial charge < -0.3 is 5.11 Å². The van der Waals surface area contributed by atoms with Crippen molar-refractivity contribution in [2.24, 2.45) is 4.99 Å². The monoisotopic (exact) mass is 187 g/mol. The molecule has 2 nitrogen and oxygen atoms in total. The van der Waals surface area contributed by atoms with Gasteiger partial charge in [-0.3, -0.25) is 4.99 Å². The Hall–Kier alpha value is -0.153. The van der Waals surface area contributed by atoms with Crippen molar-refractivity contribution < 1.29 is 5.11 Å². The van der Waals surface area contributed by atoms with Crippen LogP contribution in [0.1, 0.15) is 20.3 Å². The zero-order valence-electron chi connectivity index (χ0n) is 9.10. The zero-order valence-corrected chi connectivity index (χ0v) is 10.1. The van der Waals surface area contributed by atoms with Gasteiger partial charge in [0.05, 0.1) is 13.3 Å². The van der Waals surface area contributed by atoms with Crippen LogP contribution in [-0.4, -0.2) is 31.2 Å². The van der Waals surface area contributed by atoms with Crippen molar-refractivity contribution in [3.8, 4) is 0 Å². The third-order valence-corrected chi connectivity index (χ3v) is 5.84. The number of aliphatic hydroxyl groups is 1. The molecule has 0 spiro atoms. The van der Waals surface area contributed by atoms with Crippen molar-refractivity contribution in [3.05, 3.63) is 0 Å². The van der Waals surface area contributed by atoms with E-state index < -0.39 is 13.3 Å². The first kappa shape index (κ1) is 11.8. The van der Waals surface area contributed by atoms with Crippen LogP contribution in [-0.2, 0) is 0 Å². The van der Waals surface area contributed by atoms with Gasteiger partial charge in [0.25, 0.3) is 0 Å². The second-order valence-corrected chi connectivity index (χ2v) is 9.82. The number of hydrogen-bond donors (Lipinski definition) is 1. The highest BCUT2D eigenvalue weighted by atomic mass is 28.3. The Bertz CT molecular complexity index is 179. The highest BCUT2D eigenvalue weighted by Gasteiger charge is 2.40. The number of aliphatic imine (C=N–C) groups is 1. The second-order valence-electron chi connectivity index (χ2n) is 4.35. The molecule has 0 heterocycles. The summed E-state index contributed by atoms with van der Waals surface area (Å²) in [5.41, 5.74) is 0.932. The van der Waals surface area contributed by atoms with E-state index in [9.17, 15) is 5.11 Å². The maximum Gasteiger partial charge on any atom is 0.0890 e. The lowest BCUT2D eigenvalue weighted by Gasteiger charge is -2.36. The fraction of sp³-hybridized carbons (Fsp3) is 0.889. The summed E-state index contributed by atoms with van der Waals surface area (Å²) < 4.78 is 0. The molecule has 0 aromatic rings. The molecule has 0 saturated heterocycles. The zero-order chi connectivity index (χ0) is 9.99. The van der Waals surface area contributed by atoms with E-state index in [1.165, 1.54) is 0 Å². The molecule has 1 unspecified atom stereocenters. The Morgan fingerprint density at radius 3 is 1.92 bits per heavy atom. The summed E-state index contributed by atoms with van der Waals surface area (Å²) in [6, 6.07) is 0. The molecule has 0 amide bonds. The Balaban J connectivity index is 4.84. The lowest BCUT2D eigenvalue weighted by atomic mass is 10.2. The molecule has 0 aromatic carbocycles. The van der Waals surface area contributed by atoms with Crippen LogP contribution in [0.5, 0.6) is 0 Å². The predicted octanol–water partition coefficient (Wildman–Crippen LogP) is 2.10. The van der Waals surface area contributed by atoms with Gasteiger partial charge in [-0.2, -0.15) is 0 Å². The summed E-state index contributed by atoms with van der Waals surface area (Å²) in [6.07, 6.45) is 0.841. The maximum absolute atomic E-state index is 10.2. The van der Waals surface area contributed by atoms with Gasteiger partial charge in [-0.25, -0.2) is 0 Å². The van der Waals surface area contributed by atoms with E-state index in [1.54, 1.807) is 7.05 Å². The number of hydrogen-bond acceptors (Lipinski definition) is 2. The van der Waals surface area contributed by atoms with Gasteiger partial charge in [0.2, 0.25) is 0 Å². The van der Waals surface area contributed by atoms with E-state index in [0.717, 1.165) is 12.1 Å². The van der Waals surface area contributed by atoms with E-state index >= 15 is 0 Å². The summed E-state index contributed by atoms with van der Waals surface area (Å²) >= 11 is 0. The number of rotatable bonds is 3. The predicted molar refractivity (Wildman–Crippen MR) is 57.6 cm³/mol. The number of nitrogens with zero attached hydrogens (tertiary/aromatic N) is 1. The van der Waals surface area contributed by atoms with E-state index in [1.807, 2.05) is 13.8 Å². The molecule has 0 radical (unpaired) electrons. The standard InChI is InChI=1S/C9H21NOSi/c1-7-8(10-3)9(2,11)12(4,5)6/h11H,7H2,1-6H3. The minimum absolute atomic E-state index is 0.656. The molecule has 1 atom stereocenters. The normalized spacial score (nSPS) is 19.1. The van der Waals surface area contributed by atoms with Crippen LogP contribution in [0, 0.1) is 0 Å². The molecule has 0 bridgehead atoms. The van der Waals surface area contributed by atoms with Crippen LogP contribution < -0.4 is 0 Å². The van der Waals surface area contributed by atoms with Gasteiger partial charge in [0, 0.05) is 12.8 Å². The van der Waals surface area contributed by atoms with Gasteiger partial charge in [0.1, 0.15) is 0 Å². The average molecular weight is 187 g/mol. The minimum atomic E-state index is -1.57. The van der Waals surface area contributed by atoms with Crippen molar-refractivity contribution in [1.29, 1.82) is 0 Å². The molecule has 1 N–H and O–H groups in total. The molecule has 3 heteroatoms. The Kier molecular flexibility index (Phi) is 3.66. The molecule has 0 saturated carbocycles. The van der Waals surface area contributed by atoms with E-state index in [2.05, 4.69) is 24.6 Å². The maximum atomic E-state index is 10.2. The summed E-state index contributed by atoms with van der Waals surface area (Å²) in [4.78, 5) is 4.15. The molecule has 12 heavy (non-hydrogen) atoms. The Morgan fingerprint density at radius 2 is 1.83 bits per heavy atom. The highest BCUT2D eigenvalue weighted by Crippen LogP contribution is 2.23. The van der Waals surface area contributed by atoms with Crippen LogP contribution in [0.25, 0.3) is 0 Å². The summed E-state index contributed by atoms with van der Waals surface area (Å²) in [6.45, 7) is 10.4. The van der Waals surface area contributed by atoms with E-state index in [-0.39, 0.29) is 0 Å². The highest BCUT2D eigenvalue weighted by molar-refractivity contribution is 6.82. The topological polar surface area (TPSA) is 32.6 Å². The smallest absolute Gasteiger partial charge is 0.0890 e. The molecular weight excluding hydrogens is 166 g/mol. The van der Waals surface area contributed by atoms with Crippen LogP contribution in [0.2, 0.25) is 19.6 Å². The van der Waals surface area contributed by atoms with Crippen molar-refractivity contribution in [2.45, 2.75) is 45.1 Å². The lowest BCUT2D eigenvalue weighted by Crippen LogP contribution is -2.55. The minimum Gasteiger partial charge on any atom is -0.388 e. The third-order valence-electron chi connectivity index (χ3n) is 2.63. The first-order valence-corrected chi connectivity index (χ1v) is 7.96. The van der Waals surface area contributed by atoms with Crippen molar-refractivity contribution >= 4 is 13.8 Å². The van der Waals surface area contributed by atoms with Crippen LogP contribution in [0.15, 0.2) is 4.99 Å². The van der Waals surface area contributed by atoms with E-state index in [4.69, 9.17) is 0 Å². The van der Waals surface area contributed by atoms with Gasteiger partial charge in [0.15, 0.2) is 0 Å². The van der Waals surface area contributed by atoms with Crippen molar-refractivity contribution in [3.63, 3.8) is 0 Å². The molecule has 0 aromatic heterocycles. The van der Waals surface area contributed by atoms with Crippen LogP contribution in [0.3, 0.4) is 0 Å². The molecule has 72 valence electrons.